The van der Waals surface area contributed by atoms with Crippen LogP contribution >= 0.6 is 11.3 Å². The molecule has 0 amide bonds. The standard InChI is InChI=1S/C18H32N2S/c1-15(2)12-19-13-18-11-17(16(3)21-18)14-20-9-7-5-4-6-8-10-20/h11,15,19H,4-10,12-14H2,1-3H3. The monoisotopic (exact) mass is 308 g/mol. The summed E-state index contributed by atoms with van der Waals surface area (Å²) in [4.78, 5) is 5.67. The average Bonchev–Trinajstić information content (AvgIpc) is 2.72. The van der Waals surface area contributed by atoms with E-state index in [0.29, 0.717) is 0 Å². The maximum atomic E-state index is 3.56. The second kappa shape index (κ2) is 8.92. The summed E-state index contributed by atoms with van der Waals surface area (Å²) in [5.74, 6) is 0.728. The third kappa shape index (κ3) is 6.09. The van der Waals surface area contributed by atoms with Crippen LogP contribution in [-0.4, -0.2) is 24.5 Å². The van der Waals surface area contributed by atoms with Gasteiger partial charge in [0.2, 0.25) is 0 Å². The van der Waals surface area contributed by atoms with E-state index in [2.05, 4.69) is 37.1 Å². The molecule has 0 aromatic carbocycles. The molecule has 0 spiro atoms. The maximum Gasteiger partial charge on any atom is 0.0300 e. The number of aryl methyl sites for hydroxylation is 1. The summed E-state index contributed by atoms with van der Waals surface area (Å²) in [6, 6.07) is 2.44. The topological polar surface area (TPSA) is 15.3 Å². The van der Waals surface area contributed by atoms with Crippen LogP contribution in [0.1, 0.15) is 61.3 Å². The summed E-state index contributed by atoms with van der Waals surface area (Å²) in [5, 5.41) is 3.56. The van der Waals surface area contributed by atoms with Crippen LogP contribution in [0.2, 0.25) is 0 Å². The highest BCUT2D eigenvalue weighted by atomic mass is 32.1. The Morgan fingerprint density at radius 2 is 1.81 bits per heavy atom. The van der Waals surface area contributed by atoms with Gasteiger partial charge < -0.3 is 5.32 Å². The van der Waals surface area contributed by atoms with E-state index in [1.54, 1.807) is 5.56 Å². The first kappa shape index (κ1) is 17.0. The Labute approximate surface area is 134 Å². The molecule has 1 aromatic heterocycles. The summed E-state index contributed by atoms with van der Waals surface area (Å²) in [5.41, 5.74) is 1.56. The van der Waals surface area contributed by atoms with E-state index in [0.717, 1.165) is 25.6 Å². The van der Waals surface area contributed by atoms with E-state index >= 15 is 0 Å². The van der Waals surface area contributed by atoms with E-state index in [4.69, 9.17) is 0 Å². The van der Waals surface area contributed by atoms with E-state index < -0.39 is 0 Å². The maximum absolute atomic E-state index is 3.56. The first-order valence-electron chi connectivity index (χ1n) is 8.66. The molecular weight excluding hydrogens is 276 g/mol. The quantitative estimate of drug-likeness (QED) is 0.828. The Balaban J connectivity index is 1.85. The molecule has 2 heterocycles. The number of hydrogen-bond donors (Lipinski definition) is 1. The molecule has 1 saturated heterocycles. The van der Waals surface area contributed by atoms with Crippen molar-refractivity contribution >= 4 is 11.3 Å². The van der Waals surface area contributed by atoms with Gasteiger partial charge in [0, 0.05) is 22.8 Å². The average molecular weight is 309 g/mol. The predicted molar refractivity (Wildman–Crippen MR) is 94.0 cm³/mol. The minimum absolute atomic E-state index is 0.728. The zero-order chi connectivity index (χ0) is 15.1. The molecule has 0 atom stereocenters. The molecule has 0 aliphatic carbocycles. The van der Waals surface area contributed by atoms with Gasteiger partial charge in [0.05, 0.1) is 0 Å². The zero-order valence-electron chi connectivity index (χ0n) is 14.1. The molecule has 2 nitrogen and oxygen atoms in total. The van der Waals surface area contributed by atoms with Gasteiger partial charge >= 0.3 is 0 Å². The summed E-state index contributed by atoms with van der Waals surface area (Å²) >= 11 is 1.97. The van der Waals surface area contributed by atoms with E-state index in [1.165, 1.54) is 54.9 Å². The van der Waals surface area contributed by atoms with Crippen molar-refractivity contribution in [2.75, 3.05) is 19.6 Å². The van der Waals surface area contributed by atoms with Gasteiger partial charge in [-0.25, -0.2) is 0 Å². The number of likely N-dealkylation sites (tertiary alicyclic amines) is 1. The predicted octanol–water partition coefficient (Wildman–Crippen LogP) is 4.57. The third-order valence-electron chi connectivity index (χ3n) is 4.27. The summed E-state index contributed by atoms with van der Waals surface area (Å²) in [7, 11) is 0. The van der Waals surface area contributed by atoms with Crippen LogP contribution in [0.4, 0.5) is 0 Å². The number of nitrogens with zero attached hydrogens (tertiary/aromatic N) is 1. The molecule has 1 aliphatic rings. The fourth-order valence-electron chi connectivity index (χ4n) is 3.03. The van der Waals surface area contributed by atoms with Gasteiger partial charge in [0.15, 0.2) is 0 Å². The molecule has 0 bridgehead atoms. The third-order valence-corrected chi connectivity index (χ3v) is 5.36. The highest BCUT2D eigenvalue weighted by molar-refractivity contribution is 7.12. The number of thiophene rings is 1. The minimum Gasteiger partial charge on any atom is -0.312 e. The van der Waals surface area contributed by atoms with Gasteiger partial charge in [-0.3, -0.25) is 4.90 Å². The lowest BCUT2D eigenvalue weighted by Gasteiger charge is -2.24. The Kier molecular flexibility index (Phi) is 7.21. The van der Waals surface area contributed by atoms with Crippen LogP contribution in [0.15, 0.2) is 6.07 Å². The van der Waals surface area contributed by atoms with Gasteiger partial charge in [0.25, 0.3) is 0 Å². The molecule has 2 rings (SSSR count). The molecule has 21 heavy (non-hydrogen) atoms. The Bertz CT molecular complexity index is 403. The fraction of sp³-hybridized carbons (Fsp3) is 0.778. The lowest BCUT2D eigenvalue weighted by Crippen LogP contribution is -2.26. The van der Waals surface area contributed by atoms with Crippen LogP contribution in [0.3, 0.4) is 0 Å². The SMILES string of the molecule is Cc1sc(CNCC(C)C)cc1CN1CCCCCCC1. The Morgan fingerprint density at radius 1 is 1.14 bits per heavy atom. The van der Waals surface area contributed by atoms with Gasteiger partial charge in [-0.1, -0.05) is 33.1 Å². The smallest absolute Gasteiger partial charge is 0.0300 e. The van der Waals surface area contributed by atoms with Crippen molar-refractivity contribution in [2.24, 2.45) is 5.92 Å². The lowest BCUT2D eigenvalue weighted by atomic mass is 10.1. The number of nitrogens with one attached hydrogen (secondary N) is 1. The van der Waals surface area contributed by atoms with Crippen LogP contribution in [-0.2, 0) is 13.1 Å². The van der Waals surface area contributed by atoms with Gasteiger partial charge in [-0.2, -0.15) is 0 Å². The lowest BCUT2D eigenvalue weighted by molar-refractivity contribution is 0.239. The van der Waals surface area contributed by atoms with Crippen molar-refractivity contribution in [2.45, 2.75) is 66.0 Å². The summed E-state index contributed by atoms with van der Waals surface area (Å²) < 4.78 is 0. The van der Waals surface area contributed by atoms with Gasteiger partial charge in [-0.15, -0.1) is 11.3 Å². The zero-order valence-corrected chi connectivity index (χ0v) is 14.9. The van der Waals surface area contributed by atoms with Crippen molar-refractivity contribution in [1.82, 2.24) is 10.2 Å². The van der Waals surface area contributed by atoms with Crippen molar-refractivity contribution in [1.29, 1.82) is 0 Å². The summed E-state index contributed by atoms with van der Waals surface area (Å²) in [6.45, 7) is 12.7. The molecule has 1 fully saturated rings. The largest absolute Gasteiger partial charge is 0.312 e. The molecule has 0 radical (unpaired) electrons. The first-order valence-corrected chi connectivity index (χ1v) is 9.48. The first-order chi connectivity index (χ1) is 10.1. The highest BCUT2D eigenvalue weighted by Crippen LogP contribution is 2.24. The molecule has 120 valence electrons. The Hall–Kier alpha value is -0.380. The molecule has 3 heteroatoms. The molecular formula is C18H32N2S. The second-order valence-corrected chi connectivity index (χ2v) is 8.20. The molecule has 1 N–H and O–H groups in total. The molecule has 0 unspecified atom stereocenters. The van der Waals surface area contributed by atoms with Crippen molar-refractivity contribution in [3.05, 3.63) is 21.4 Å². The van der Waals surface area contributed by atoms with Crippen molar-refractivity contribution in [3.63, 3.8) is 0 Å². The van der Waals surface area contributed by atoms with E-state index in [1.807, 2.05) is 11.3 Å². The Morgan fingerprint density at radius 3 is 2.48 bits per heavy atom. The normalized spacial score (nSPS) is 17.9. The molecule has 1 aromatic rings. The van der Waals surface area contributed by atoms with Crippen LogP contribution in [0, 0.1) is 12.8 Å². The van der Waals surface area contributed by atoms with E-state index in [9.17, 15) is 0 Å². The molecule has 1 aliphatic heterocycles. The van der Waals surface area contributed by atoms with Gasteiger partial charge in [0.1, 0.15) is 0 Å². The highest BCUT2D eigenvalue weighted by Gasteiger charge is 2.12. The van der Waals surface area contributed by atoms with Gasteiger partial charge in [-0.05, 0) is 56.9 Å². The number of rotatable bonds is 6. The minimum atomic E-state index is 0.728. The number of hydrogen-bond acceptors (Lipinski definition) is 3. The van der Waals surface area contributed by atoms with Crippen LogP contribution < -0.4 is 5.32 Å². The van der Waals surface area contributed by atoms with E-state index in [-0.39, 0.29) is 0 Å². The summed E-state index contributed by atoms with van der Waals surface area (Å²) in [6.07, 6.45) is 7.04. The fourth-order valence-corrected chi connectivity index (χ4v) is 4.05. The van der Waals surface area contributed by atoms with Crippen molar-refractivity contribution < 1.29 is 0 Å². The van der Waals surface area contributed by atoms with Crippen LogP contribution in [0.5, 0.6) is 0 Å². The second-order valence-electron chi connectivity index (χ2n) is 6.86. The molecule has 0 saturated carbocycles. The van der Waals surface area contributed by atoms with Crippen molar-refractivity contribution in [3.8, 4) is 0 Å². The van der Waals surface area contributed by atoms with Crippen LogP contribution in [0.25, 0.3) is 0 Å².